The molecule has 0 aromatic heterocycles. The summed E-state index contributed by atoms with van der Waals surface area (Å²) in [5.41, 5.74) is -0.384. The van der Waals surface area contributed by atoms with Gasteiger partial charge in [-0.1, -0.05) is 75.4 Å². The lowest BCUT2D eigenvalue weighted by Gasteiger charge is -2.50. The summed E-state index contributed by atoms with van der Waals surface area (Å²) in [7, 11) is 0. The highest BCUT2D eigenvalue weighted by molar-refractivity contribution is 6.23. The normalized spacial score (nSPS) is 28.7. The molecule has 6 aliphatic rings. The number of esters is 6. The number of nitrogens with zero attached hydrogens (tertiary/aromatic N) is 3. The third kappa shape index (κ3) is 13.7. The second-order valence-electron chi connectivity index (χ2n) is 22.1. The lowest BCUT2D eigenvalue weighted by atomic mass is 9.93. The summed E-state index contributed by atoms with van der Waals surface area (Å²) in [5.74, 6) is -11.4. The predicted octanol–water partition coefficient (Wildman–Crippen LogP) is 3.15. The number of ether oxygens (including phenoxy) is 12. The van der Waals surface area contributed by atoms with Crippen molar-refractivity contribution in [2.75, 3.05) is 26.4 Å². The molecule has 0 bridgehead atoms. The highest BCUT2D eigenvalue weighted by Crippen LogP contribution is 2.41. The summed E-state index contributed by atoms with van der Waals surface area (Å²) >= 11 is 0. The quantitative estimate of drug-likeness (QED) is 0.0582. The summed E-state index contributed by atoms with van der Waals surface area (Å²) in [6.45, 7) is 5.29. The van der Waals surface area contributed by atoms with Crippen LogP contribution in [0.4, 0.5) is 0 Å². The molecule has 28 heteroatoms. The molecule has 28 nitrogen and oxygen atoms in total. The fraction of sp³-hybridized carbons (Fsp3) is 0.516. The number of carbonyl (C=O) groups excluding carboxylic acids is 12. The Hall–Kier alpha value is -8.38. The fourth-order valence-electron chi connectivity index (χ4n) is 12.2. The molecule has 0 radical (unpaired) electrons. The molecule has 9 rings (SSSR count). The van der Waals surface area contributed by atoms with Gasteiger partial charge in [-0.25, -0.2) is 0 Å². The molecular weight excluding hydrogens is 1190 g/mol. The molecule has 6 heterocycles. The van der Waals surface area contributed by atoms with Gasteiger partial charge in [-0.2, -0.15) is 0 Å². The first kappa shape index (κ1) is 66.0. The molecule has 0 unspecified atom stereocenters. The Bertz CT molecular complexity index is 3190. The Labute approximate surface area is 515 Å². The van der Waals surface area contributed by atoms with E-state index >= 15 is 0 Å². The van der Waals surface area contributed by atoms with E-state index < -0.39 is 183 Å². The second kappa shape index (κ2) is 28.6. The Morgan fingerprint density at radius 1 is 0.378 bits per heavy atom. The van der Waals surface area contributed by atoms with Crippen molar-refractivity contribution in [3.63, 3.8) is 0 Å². The minimum Gasteiger partial charge on any atom is -0.456 e. The van der Waals surface area contributed by atoms with Crippen molar-refractivity contribution >= 4 is 71.3 Å². The number of hydrogen-bond acceptors (Lipinski definition) is 25. The zero-order valence-corrected chi connectivity index (χ0v) is 50.2. The molecule has 0 spiro atoms. The van der Waals surface area contributed by atoms with Crippen LogP contribution >= 0.6 is 0 Å². The molecule has 482 valence electrons. The first-order valence-electron chi connectivity index (χ1n) is 29.4. The molecule has 3 saturated heterocycles. The van der Waals surface area contributed by atoms with E-state index in [1.165, 1.54) is 60.7 Å². The number of aliphatic hydroxyl groups excluding tert-OH is 1. The average molecular weight is 1260 g/mol. The SMILES string of the molecule is CCCCCCCCO[C@@H]1O[C@H](CO[C@@H]2O[C@H](CO[C@@H]3O[C@H](CO)[C@@H](OC(C)=O)[C@H](OC(C)=O)[C@H]3N3C(=O)c4ccccc4C3=O)[C@@H](OC(C)=O)[C@H](OC(C)=O)[C@H]2N2C(=O)c3ccccc3C2=O)[C@@H](OC(C)=O)[C@H](OC(C)=O)[C@H]1N1C(=O)c2ccccc2C1=O. The van der Waals surface area contributed by atoms with Gasteiger partial charge >= 0.3 is 35.8 Å². The zero-order chi connectivity index (χ0) is 64.8. The van der Waals surface area contributed by atoms with Crippen molar-refractivity contribution in [3.8, 4) is 0 Å². The van der Waals surface area contributed by atoms with Crippen LogP contribution < -0.4 is 0 Å². The van der Waals surface area contributed by atoms with E-state index in [1.807, 2.05) is 0 Å². The molecule has 3 aromatic rings. The Morgan fingerprint density at radius 3 is 0.922 bits per heavy atom. The van der Waals surface area contributed by atoms with Gasteiger partial charge in [0.15, 0.2) is 55.5 Å². The summed E-state index contributed by atoms with van der Waals surface area (Å²) in [6.07, 6.45) is -16.8. The average Bonchev–Trinajstić information content (AvgIpc) is 1.54. The maximum Gasteiger partial charge on any atom is 0.303 e. The molecule has 3 aromatic carbocycles. The van der Waals surface area contributed by atoms with Crippen LogP contribution in [-0.4, -0.2) is 209 Å². The number of aliphatic hydroxyl groups is 1. The standard InChI is InChI=1S/C62H69N3O25/c1-8-9-10-11-12-19-26-79-60-45(63-54(73)36-20-13-14-21-37(36)55(63)74)52(86-34(6)71)49(83-31(3)68)43(89-60)28-81-62-47(65-58(77)40-24-17-18-25-41(40)59(65)78)53(87-35(7)72)50(84-32(4)69)44(90-62)29-80-61-46(64-56(75)38-22-15-16-23-39(38)57(64)76)51(85-33(5)70)48(82-30(2)67)42(27-66)88-61/h13-18,20-25,42-53,60-62,66H,8-12,19,26-29H2,1-7H3/t42-,43-,44-,45-,46-,47-,48-,49-,50-,51-,52-,53-,60-,61-,62-/m1/s1. The predicted molar refractivity (Wildman–Crippen MR) is 300 cm³/mol. The molecule has 6 aliphatic heterocycles. The monoisotopic (exact) mass is 1260 g/mol. The lowest BCUT2D eigenvalue weighted by molar-refractivity contribution is -0.326. The van der Waals surface area contributed by atoms with Gasteiger partial charge in [0.1, 0.15) is 36.4 Å². The number of unbranched alkanes of at least 4 members (excludes halogenated alkanes) is 5. The van der Waals surface area contributed by atoms with Gasteiger partial charge in [0.25, 0.3) is 35.4 Å². The summed E-state index contributed by atoms with van der Waals surface area (Å²) in [6, 6.07) is 11.9. The summed E-state index contributed by atoms with van der Waals surface area (Å²) < 4.78 is 73.8. The minimum atomic E-state index is -2.08. The van der Waals surface area contributed by atoms with Crippen LogP contribution in [0.3, 0.4) is 0 Å². The van der Waals surface area contributed by atoms with Gasteiger partial charge in [0.05, 0.1) is 53.2 Å². The minimum absolute atomic E-state index is 0.00703. The second-order valence-corrected chi connectivity index (χ2v) is 22.1. The van der Waals surface area contributed by atoms with Gasteiger partial charge in [-0.15, -0.1) is 0 Å². The van der Waals surface area contributed by atoms with Crippen LogP contribution in [-0.2, 0) is 85.6 Å². The van der Waals surface area contributed by atoms with Crippen LogP contribution in [0.1, 0.15) is 149 Å². The Balaban J connectivity index is 1.13. The number of imide groups is 3. The zero-order valence-electron chi connectivity index (χ0n) is 50.2. The maximum absolute atomic E-state index is 14.7. The third-order valence-electron chi connectivity index (χ3n) is 15.8. The summed E-state index contributed by atoms with van der Waals surface area (Å²) in [5, 5.41) is 10.8. The first-order chi connectivity index (χ1) is 43.1. The van der Waals surface area contributed by atoms with Crippen molar-refractivity contribution < 1.29 is 119 Å². The van der Waals surface area contributed by atoms with Crippen molar-refractivity contribution in [1.29, 1.82) is 0 Å². The number of amides is 6. The molecule has 3 fully saturated rings. The number of hydrogen-bond donors (Lipinski definition) is 1. The van der Waals surface area contributed by atoms with Crippen LogP contribution in [0, 0.1) is 0 Å². The Morgan fingerprint density at radius 2 is 0.633 bits per heavy atom. The van der Waals surface area contributed by atoms with E-state index in [1.54, 1.807) is 12.1 Å². The van der Waals surface area contributed by atoms with E-state index in [4.69, 9.17) is 56.8 Å². The van der Waals surface area contributed by atoms with Crippen LogP contribution in [0.5, 0.6) is 0 Å². The van der Waals surface area contributed by atoms with Crippen molar-refractivity contribution in [2.24, 2.45) is 0 Å². The molecule has 15 atom stereocenters. The highest BCUT2D eigenvalue weighted by Gasteiger charge is 2.62. The molecule has 1 N–H and O–H groups in total. The van der Waals surface area contributed by atoms with Crippen LogP contribution in [0.25, 0.3) is 0 Å². The van der Waals surface area contributed by atoms with E-state index in [9.17, 15) is 62.6 Å². The molecule has 6 amide bonds. The van der Waals surface area contributed by atoms with Gasteiger partial charge in [0.2, 0.25) is 0 Å². The van der Waals surface area contributed by atoms with Crippen LogP contribution in [0.2, 0.25) is 0 Å². The summed E-state index contributed by atoms with van der Waals surface area (Å²) in [4.78, 5) is 168. The first-order valence-corrected chi connectivity index (χ1v) is 29.4. The van der Waals surface area contributed by atoms with Crippen LogP contribution in [0.15, 0.2) is 72.8 Å². The number of benzene rings is 3. The molecule has 0 aliphatic carbocycles. The molecule has 90 heavy (non-hydrogen) atoms. The van der Waals surface area contributed by atoms with Gasteiger partial charge in [-0.05, 0) is 42.8 Å². The third-order valence-corrected chi connectivity index (χ3v) is 15.8. The Kier molecular flexibility index (Phi) is 21.0. The number of carbonyl (C=O) groups is 12. The smallest absolute Gasteiger partial charge is 0.303 e. The fourth-order valence-corrected chi connectivity index (χ4v) is 12.2. The van der Waals surface area contributed by atoms with Gasteiger partial charge in [-0.3, -0.25) is 72.2 Å². The van der Waals surface area contributed by atoms with Crippen molar-refractivity contribution in [1.82, 2.24) is 14.7 Å². The van der Waals surface area contributed by atoms with Gasteiger partial charge < -0.3 is 61.9 Å². The molecule has 0 saturated carbocycles. The number of rotatable bonds is 24. The lowest BCUT2D eigenvalue weighted by Crippen LogP contribution is -2.70. The number of fused-ring (bicyclic) bond motifs is 3. The van der Waals surface area contributed by atoms with E-state index in [2.05, 4.69) is 6.92 Å². The van der Waals surface area contributed by atoms with E-state index in [-0.39, 0.29) is 40.0 Å². The molecular formula is C62H69N3O25. The van der Waals surface area contributed by atoms with E-state index in [0.717, 1.165) is 72.1 Å². The largest absolute Gasteiger partial charge is 0.456 e. The highest BCUT2D eigenvalue weighted by atomic mass is 16.8. The topological polar surface area (TPSA) is 346 Å². The van der Waals surface area contributed by atoms with Gasteiger partial charge in [0, 0.05) is 48.1 Å². The van der Waals surface area contributed by atoms with Crippen molar-refractivity contribution in [3.05, 3.63) is 106 Å². The van der Waals surface area contributed by atoms with E-state index in [0.29, 0.717) is 22.6 Å². The maximum atomic E-state index is 14.7. The van der Waals surface area contributed by atoms with Crippen molar-refractivity contribution in [2.45, 2.75) is 179 Å².